The van der Waals surface area contributed by atoms with Crippen molar-refractivity contribution in [3.63, 3.8) is 0 Å². The van der Waals surface area contributed by atoms with Crippen LogP contribution in [-0.4, -0.2) is 42.4 Å². The van der Waals surface area contributed by atoms with Gasteiger partial charge < -0.3 is 9.84 Å². The number of carboxylic acids is 1. The number of nitrogens with zero attached hydrogens (tertiary/aromatic N) is 1. The van der Waals surface area contributed by atoms with E-state index in [9.17, 15) is 35.9 Å². The number of aliphatic carboxylic acids is 1. The van der Waals surface area contributed by atoms with Gasteiger partial charge in [0.2, 0.25) is 0 Å². The topological polar surface area (TPSA) is 93.6 Å². The first-order chi connectivity index (χ1) is 18.4. The molecule has 6 nitrogen and oxygen atoms in total. The molecule has 0 saturated heterocycles. The number of aromatic nitrogens is 1. The molecule has 11 heteroatoms. The van der Waals surface area contributed by atoms with Gasteiger partial charge in [0.05, 0.1) is 39.6 Å². The van der Waals surface area contributed by atoms with Crippen LogP contribution in [0.4, 0.5) is 17.6 Å². The van der Waals surface area contributed by atoms with E-state index in [4.69, 9.17) is 4.74 Å². The molecule has 0 amide bonds. The minimum absolute atomic E-state index is 0.0253. The summed E-state index contributed by atoms with van der Waals surface area (Å²) in [5.41, 5.74) is -1.35. The Hall–Kier alpha value is -2.53. The second-order valence-electron chi connectivity index (χ2n) is 10.0. The number of carbonyl (C=O) groups is 1. The molecular weight excluding hydrogens is 538 g/mol. The molecule has 0 unspecified atom stereocenters. The molecule has 1 N–H and O–H groups in total. The number of sulfone groups is 1. The van der Waals surface area contributed by atoms with E-state index in [-0.39, 0.29) is 30.7 Å². The molecule has 1 heterocycles. The maximum atomic E-state index is 14.0. The van der Waals surface area contributed by atoms with E-state index in [1.807, 2.05) is 0 Å². The Bertz CT molecular complexity index is 1200. The largest absolute Gasteiger partial charge is 0.481 e. The fraction of sp³-hybridized carbons (Fsp3) is 0.571. The van der Waals surface area contributed by atoms with Crippen LogP contribution in [0.15, 0.2) is 41.4 Å². The summed E-state index contributed by atoms with van der Waals surface area (Å²) in [6.07, 6.45) is 2.91. The second-order valence-corrected chi connectivity index (χ2v) is 12.2. The Kier molecular flexibility index (Phi) is 10.9. The van der Waals surface area contributed by atoms with E-state index in [1.165, 1.54) is 37.8 Å². The van der Waals surface area contributed by atoms with Gasteiger partial charge in [0.25, 0.3) is 0 Å². The van der Waals surface area contributed by atoms with Crippen molar-refractivity contribution in [3.8, 4) is 11.3 Å². The molecule has 3 atom stereocenters. The summed E-state index contributed by atoms with van der Waals surface area (Å²) in [5, 5.41) is 8.32. The SMILES string of the molecule is CCCCCCCCCCO[C@H]1C[C@@H](S(=O)(=O)c2ccc(-c3ccc(F)cn3)cc2C(F)(F)F)C[C@@H]1C(=O)O. The number of rotatable bonds is 14. The molecule has 3 rings (SSSR count). The van der Waals surface area contributed by atoms with Crippen molar-refractivity contribution in [3.05, 3.63) is 47.9 Å². The van der Waals surface area contributed by atoms with Gasteiger partial charge in [0.15, 0.2) is 9.84 Å². The van der Waals surface area contributed by atoms with E-state index < -0.39 is 55.5 Å². The number of pyridine rings is 1. The highest BCUT2D eigenvalue weighted by atomic mass is 32.2. The van der Waals surface area contributed by atoms with Crippen molar-refractivity contribution in [1.82, 2.24) is 4.98 Å². The van der Waals surface area contributed by atoms with Crippen LogP contribution in [0.2, 0.25) is 0 Å². The highest BCUT2D eigenvalue weighted by Gasteiger charge is 2.48. The van der Waals surface area contributed by atoms with Crippen LogP contribution in [0, 0.1) is 11.7 Å². The summed E-state index contributed by atoms with van der Waals surface area (Å²) in [7, 11) is -4.55. The van der Waals surface area contributed by atoms with Crippen molar-refractivity contribution in [1.29, 1.82) is 0 Å². The summed E-state index contributed by atoms with van der Waals surface area (Å²) in [4.78, 5) is 14.7. The fourth-order valence-electron chi connectivity index (χ4n) is 5.01. The third-order valence-corrected chi connectivity index (χ3v) is 9.39. The molecule has 1 aromatic carbocycles. The maximum absolute atomic E-state index is 14.0. The number of benzene rings is 1. The van der Waals surface area contributed by atoms with Crippen molar-refractivity contribution < 1.29 is 40.6 Å². The van der Waals surface area contributed by atoms with Crippen LogP contribution in [-0.2, 0) is 25.5 Å². The molecule has 2 aromatic rings. The summed E-state index contributed by atoms with van der Waals surface area (Å²) in [5.74, 6) is -3.03. The smallest absolute Gasteiger partial charge is 0.417 e. The van der Waals surface area contributed by atoms with Crippen LogP contribution >= 0.6 is 0 Å². The number of halogens is 4. The van der Waals surface area contributed by atoms with E-state index in [0.717, 1.165) is 37.6 Å². The van der Waals surface area contributed by atoms with Gasteiger partial charge in [-0.3, -0.25) is 9.78 Å². The average molecular weight is 574 g/mol. The third kappa shape index (κ3) is 8.23. The van der Waals surface area contributed by atoms with E-state index in [0.29, 0.717) is 12.5 Å². The minimum Gasteiger partial charge on any atom is -0.481 e. The first-order valence-corrected chi connectivity index (χ1v) is 14.9. The molecule has 1 aliphatic rings. The Labute approximate surface area is 226 Å². The molecule has 1 aromatic heterocycles. The van der Waals surface area contributed by atoms with Gasteiger partial charge in [-0.25, -0.2) is 12.8 Å². The predicted molar refractivity (Wildman–Crippen MR) is 138 cm³/mol. The van der Waals surface area contributed by atoms with E-state index >= 15 is 0 Å². The predicted octanol–water partition coefficient (Wildman–Crippen LogP) is 7.07. The molecule has 1 saturated carbocycles. The molecule has 39 heavy (non-hydrogen) atoms. The van der Waals surface area contributed by atoms with Gasteiger partial charge in [-0.1, -0.05) is 57.9 Å². The zero-order chi connectivity index (χ0) is 28.6. The van der Waals surface area contributed by atoms with Gasteiger partial charge in [-0.05, 0) is 43.5 Å². The zero-order valence-corrected chi connectivity index (χ0v) is 22.7. The normalized spacial score (nSPS) is 19.9. The Morgan fingerprint density at radius 1 is 1.03 bits per heavy atom. The van der Waals surface area contributed by atoms with Crippen LogP contribution in [0.1, 0.15) is 76.7 Å². The highest BCUT2D eigenvalue weighted by molar-refractivity contribution is 7.92. The number of carboxylic acid groups (broad SMARTS) is 1. The van der Waals surface area contributed by atoms with Gasteiger partial charge >= 0.3 is 12.1 Å². The average Bonchev–Trinajstić information content (AvgIpc) is 3.33. The van der Waals surface area contributed by atoms with Gasteiger partial charge in [-0.2, -0.15) is 13.2 Å². The summed E-state index contributed by atoms with van der Waals surface area (Å²) in [6.45, 7) is 2.42. The standard InChI is InChI=1S/C28H35F4NO5S/c1-2-3-4-5-6-7-8-9-14-38-25-17-21(16-22(25)27(34)35)39(36,37)26-13-10-19(15-23(26)28(30,31)32)24-12-11-20(29)18-33-24/h10-13,15,18,21-22,25H,2-9,14,16-17H2,1H3,(H,34,35)/t21-,22-,25-/m0/s1. The monoisotopic (exact) mass is 573 g/mol. The van der Waals surface area contributed by atoms with E-state index in [2.05, 4.69) is 11.9 Å². The lowest BCUT2D eigenvalue weighted by Crippen LogP contribution is -2.25. The molecule has 216 valence electrons. The van der Waals surface area contributed by atoms with Crippen LogP contribution in [0.25, 0.3) is 11.3 Å². The highest BCUT2D eigenvalue weighted by Crippen LogP contribution is 2.42. The third-order valence-electron chi connectivity index (χ3n) is 7.16. The maximum Gasteiger partial charge on any atom is 0.417 e. The van der Waals surface area contributed by atoms with Crippen molar-refractivity contribution in [2.45, 2.75) is 93.6 Å². The Morgan fingerprint density at radius 2 is 1.69 bits per heavy atom. The number of ether oxygens (including phenoxy) is 1. The van der Waals surface area contributed by atoms with Crippen LogP contribution in [0.3, 0.4) is 0 Å². The summed E-state index contributed by atoms with van der Waals surface area (Å²) >= 11 is 0. The Morgan fingerprint density at radius 3 is 2.28 bits per heavy atom. The Balaban J connectivity index is 1.72. The summed E-state index contributed by atoms with van der Waals surface area (Å²) < 4.78 is 87.8. The van der Waals surface area contributed by atoms with Gasteiger partial charge in [-0.15, -0.1) is 0 Å². The lowest BCUT2D eigenvalue weighted by Gasteiger charge is -2.18. The minimum atomic E-state index is -5.00. The molecule has 1 fully saturated rings. The van der Waals surface area contributed by atoms with Crippen molar-refractivity contribution >= 4 is 15.8 Å². The van der Waals surface area contributed by atoms with Gasteiger partial charge in [0.1, 0.15) is 5.82 Å². The molecular formula is C28H35F4NO5S. The number of hydrogen-bond acceptors (Lipinski definition) is 5. The number of hydrogen-bond donors (Lipinski definition) is 1. The van der Waals surface area contributed by atoms with Crippen molar-refractivity contribution in [2.75, 3.05) is 6.61 Å². The number of alkyl halides is 3. The first-order valence-electron chi connectivity index (χ1n) is 13.4. The second kappa shape index (κ2) is 13.7. The van der Waals surface area contributed by atoms with Crippen LogP contribution in [0.5, 0.6) is 0 Å². The molecule has 0 spiro atoms. The quantitative estimate of drug-likeness (QED) is 0.192. The summed E-state index contributed by atoms with van der Waals surface area (Å²) in [6, 6.07) is 4.96. The molecule has 1 aliphatic carbocycles. The molecule has 0 aliphatic heterocycles. The van der Waals surface area contributed by atoms with Crippen LogP contribution < -0.4 is 0 Å². The van der Waals surface area contributed by atoms with E-state index in [1.54, 1.807) is 0 Å². The first kappa shape index (κ1) is 31.0. The lowest BCUT2D eigenvalue weighted by atomic mass is 10.1. The zero-order valence-electron chi connectivity index (χ0n) is 21.9. The molecule has 0 bridgehead atoms. The lowest BCUT2D eigenvalue weighted by molar-refractivity contribution is -0.146. The molecule has 0 radical (unpaired) electrons. The van der Waals surface area contributed by atoms with Gasteiger partial charge in [0, 0.05) is 12.2 Å². The fourth-order valence-corrected chi connectivity index (χ4v) is 7.01. The van der Waals surface area contributed by atoms with Crippen molar-refractivity contribution in [2.24, 2.45) is 5.92 Å². The number of unbranched alkanes of at least 4 members (excludes halogenated alkanes) is 7.